The van der Waals surface area contributed by atoms with E-state index in [2.05, 4.69) is 11.8 Å². The summed E-state index contributed by atoms with van der Waals surface area (Å²) >= 11 is 5.97. The van der Waals surface area contributed by atoms with E-state index in [1.807, 2.05) is 0 Å². The van der Waals surface area contributed by atoms with Crippen molar-refractivity contribution in [1.29, 1.82) is 0 Å². The van der Waals surface area contributed by atoms with Crippen LogP contribution in [0.15, 0.2) is 72.9 Å². The van der Waals surface area contributed by atoms with Crippen molar-refractivity contribution < 1.29 is 32.1 Å². The molecule has 4 rings (SSSR count). The quantitative estimate of drug-likeness (QED) is 0.443. The first-order valence-electron chi connectivity index (χ1n) is 10.2. The summed E-state index contributed by atoms with van der Waals surface area (Å²) in [6, 6.07) is 5.95. The number of hydrogen-bond donors (Lipinski definition) is 1. The molecule has 0 radical (unpaired) electrons. The summed E-state index contributed by atoms with van der Waals surface area (Å²) < 4.78 is 68.3. The third kappa shape index (κ3) is 4.75. The molecule has 1 saturated carbocycles. The number of alkyl halides is 4. The predicted molar refractivity (Wildman–Crippen MR) is 114 cm³/mol. The number of nitrogens with zero attached hydrogens (tertiary/aromatic N) is 1. The van der Waals surface area contributed by atoms with Crippen molar-refractivity contribution in [2.45, 2.75) is 49.2 Å². The van der Waals surface area contributed by atoms with Gasteiger partial charge in [0.1, 0.15) is 18.1 Å². The molecule has 3 aliphatic rings. The number of rotatable bonds is 3. The van der Waals surface area contributed by atoms with Crippen LogP contribution in [0.1, 0.15) is 31.2 Å². The molecule has 1 heterocycles. The zero-order valence-corrected chi connectivity index (χ0v) is 18.0. The van der Waals surface area contributed by atoms with Crippen LogP contribution in [0.3, 0.4) is 0 Å². The van der Waals surface area contributed by atoms with Crippen LogP contribution in [0, 0.1) is 11.8 Å². The van der Waals surface area contributed by atoms with Gasteiger partial charge in [0.2, 0.25) is 5.88 Å². The third-order valence-electron chi connectivity index (χ3n) is 5.62. The van der Waals surface area contributed by atoms with E-state index in [0.717, 1.165) is 29.6 Å². The molecule has 1 aromatic carbocycles. The minimum Gasteiger partial charge on any atom is -0.464 e. The van der Waals surface area contributed by atoms with Crippen molar-refractivity contribution in [3.05, 3.63) is 83.4 Å². The Morgan fingerprint density at radius 2 is 2.00 bits per heavy atom. The maximum atomic E-state index is 14.9. The van der Waals surface area contributed by atoms with Crippen LogP contribution in [0.5, 0.6) is 0 Å². The van der Waals surface area contributed by atoms with Crippen LogP contribution in [-0.2, 0) is 9.47 Å². The molecule has 0 unspecified atom stereocenters. The monoisotopic (exact) mass is 481 g/mol. The van der Waals surface area contributed by atoms with E-state index in [1.165, 1.54) is 6.26 Å². The number of ether oxygens (including phenoxy) is 2. The standard InChI is InChI=1S/C24H20ClF4NO3/c25-18-5-1-4-17(14-18)8-11-22(31)9-2-6-19(15-22)30(21-16-32-12-13-33-21)20-7-3-10-23(26,27)24(20,28)29/h1,3-5,7,10,12-14,16,19,31H,2,6,9,15H2/t19-,22+/m1/s1. The lowest BCUT2D eigenvalue weighted by Gasteiger charge is -2.44. The highest BCUT2D eigenvalue weighted by molar-refractivity contribution is 6.30. The fourth-order valence-electron chi connectivity index (χ4n) is 4.05. The van der Waals surface area contributed by atoms with Gasteiger partial charge in [-0.1, -0.05) is 35.6 Å². The number of allylic oxidation sites excluding steroid dienone is 4. The minimum atomic E-state index is -4.50. The minimum absolute atomic E-state index is 0.0757. The average Bonchev–Trinajstić information content (AvgIpc) is 2.77. The summed E-state index contributed by atoms with van der Waals surface area (Å²) in [7, 11) is 0. The molecular weight excluding hydrogens is 462 g/mol. The van der Waals surface area contributed by atoms with E-state index in [9.17, 15) is 22.7 Å². The summed E-state index contributed by atoms with van der Waals surface area (Å²) in [5, 5.41) is 11.6. The first kappa shape index (κ1) is 23.3. The summed E-state index contributed by atoms with van der Waals surface area (Å²) in [6.07, 6.45) is 6.31. The lowest BCUT2D eigenvalue weighted by molar-refractivity contribution is -0.171. The summed E-state index contributed by atoms with van der Waals surface area (Å²) in [6.45, 7) is 0. The first-order chi connectivity index (χ1) is 15.6. The van der Waals surface area contributed by atoms with E-state index in [-0.39, 0.29) is 18.4 Å². The number of hydrogen-bond acceptors (Lipinski definition) is 4. The van der Waals surface area contributed by atoms with Crippen molar-refractivity contribution in [1.82, 2.24) is 4.90 Å². The lowest BCUT2D eigenvalue weighted by Crippen LogP contribution is -2.52. The highest BCUT2D eigenvalue weighted by Crippen LogP contribution is 2.48. The van der Waals surface area contributed by atoms with Crippen LogP contribution in [0.2, 0.25) is 5.02 Å². The molecule has 1 aromatic rings. The summed E-state index contributed by atoms with van der Waals surface area (Å²) in [5.41, 5.74) is -1.89. The second-order valence-corrected chi connectivity index (χ2v) is 8.44. The molecule has 2 atom stereocenters. The highest BCUT2D eigenvalue weighted by atomic mass is 35.5. The normalized spacial score (nSPS) is 27.3. The number of halogens is 5. The van der Waals surface area contributed by atoms with Gasteiger partial charge in [-0.2, -0.15) is 17.6 Å². The Morgan fingerprint density at radius 1 is 1.18 bits per heavy atom. The molecule has 1 N–H and O–H groups in total. The Bertz CT molecular complexity index is 1100. The Kier molecular flexibility index (Phi) is 6.21. The third-order valence-corrected chi connectivity index (χ3v) is 5.85. The molecule has 174 valence electrons. The second kappa shape index (κ2) is 8.81. The van der Waals surface area contributed by atoms with Crippen LogP contribution in [0.4, 0.5) is 17.6 Å². The van der Waals surface area contributed by atoms with Crippen LogP contribution in [-0.4, -0.2) is 33.5 Å². The zero-order valence-electron chi connectivity index (χ0n) is 17.3. The van der Waals surface area contributed by atoms with Gasteiger partial charge in [-0.3, -0.25) is 0 Å². The van der Waals surface area contributed by atoms with Crippen molar-refractivity contribution >= 4 is 11.6 Å². The summed E-state index contributed by atoms with van der Waals surface area (Å²) in [4.78, 5) is 0.978. The van der Waals surface area contributed by atoms with Gasteiger partial charge >= 0.3 is 11.8 Å². The zero-order chi connectivity index (χ0) is 23.7. The molecule has 0 spiro atoms. The van der Waals surface area contributed by atoms with Gasteiger partial charge in [-0.25, -0.2) is 0 Å². The number of benzene rings is 1. The van der Waals surface area contributed by atoms with Crippen molar-refractivity contribution in [2.75, 3.05) is 0 Å². The molecule has 33 heavy (non-hydrogen) atoms. The van der Waals surface area contributed by atoms with Crippen molar-refractivity contribution in [3.8, 4) is 11.8 Å². The van der Waals surface area contributed by atoms with E-state index < -0.39 is 29.2 Å². The van der Waals surface area contributed by atoms with Gasteiger partial charge in [0.25, 0.3) is 0 Å². The highest BCUT2D eigenvalue weighted by Gasteiger charge is 2.61. The van der Waals surface area contributed by atoms with Gasteiger partial charge in [0.15, 0.2) is 6.26 Å². The fourth-order valence-corrected chi connectivity index (χ4v) is 4.24. The molecule has 0 bridgehead atoms. The largest absolute Gasteiger partial charge is 0.464 e. The second-order valence-electron chi connectivity index (χ2n) is 8.00. The van der Waals surface area contributed by atoms with Crippen LogP contribution in [0.25, 0.3) is 0 Å². The Morgan fingerprint density at radius 3 is 2.73 bits per heavy atom. The van der Waals surface area contributed by atoms with Crippen molar-refractivity contribution in [2.24, 2.45) is 0 Å². The Balaban J connectivity index is 1.67. The fraction of sp³-hybridized carbons (Fsp3) is 0.333. The molecule has 0 aromatic heterocycles. The van der Waals surface area contributed by atoms with Gasteiger partial charge in [0, 0.05) is 23.0 Å². The van der Waals surface area contributed by atoms with E-state index >= 15 is 0 Å². The van der Waals surface area contributed by atoms with Gasteiger partial charge in [0.05, 0.1) is 5.70 Å². The van der Waals surface area contributed by atoms with E-state index in [1.54, 1.807) is 24.3 Å². The molecule has 1 fully saturated rings. The molecule has 0 saturated heterocycles. The maximum absolute atomic E-state index is 14.9. The molecule has 0 amide bonds. The molecule has 1 aliphatic heterocycles. The maximum Gasteiger partial charge on any atom is 0.353 e. The van der Waals surface area contributed by atoms with Crippen molar-refractivity contribution in [3.63, 3.8) is 0 Å². The number of aliphatic hydroxyl groups is 1. The topological polar surface area (TPSA) is 41.9 Å². The van der Waals surface area contributed by atoms with Gasteiger partial charge in [-0.15, -0.1) is 0 Å². The average molecular weight is 482 g/mol. The molecule has 4 nitrogen and oxygen atoms in total. The van der Waals surface area contributed by atoms with E-state index in [0.29, 0.717) is 29.8 Å². The first-order valence-corrected chi connectivity index (χ1v) is 10.6. The van der Waals surface area contributed by atoms with E-state index in [4.69, 9.17) is 21.1 Å². The molecular formula is C24H20ClF4NO3. The van der Waals surface area contributed by atoms with Crippen LogP contribution < -0.4 is 0 Å². The lowest BCUT2D eigenvalue weighted by atomic mass is 9.80. The van der Waals surface area contributed by atoms with Crippen LogP contribution >= 0.6 is 11.6 Å². The Labute approximate surface area is 193 Å². The van der Waals surface area contributed by atoms with Gasteiger partial charge < -0.3 is 19.5 Å². The predicted octanol–water partition coefficient (Wildman–Crippen LogP) is 5.71. The van der Waals surface area contributed by atoms with Gasteiger partial charge in [-0.05, 0) is 49.6 Å². The Hall–Kier alpha value is -2.89. The molecule has 2 aliphatic carbocycles. The summed E-state index contributed by atoms with van der Waals surface area (Å²) in [5.74, 6) is -3.40. The molecule has 9 heteroatoms. The SMILES string of the molecule is O[C@]1(C#Cc2cccc(Cl)c2)CCC[C@@H](N(C2=COC=CO2)C2=CC=CC(F)(F)C2(F)F)C1. The smallest absolute Gasteiger partial charge is 0.353 e.